The molecule has 0 bridgehead atoms. The molecular weight excluding hydrogens is 316 g/mol. The van der Waals surface area contributed by atoms with Crippen LogP contribution in [-0.4, -0.2) is 31.9 Å². The molecule has 6 heteroatoms. The summed E-state index contributed by atoms with van der Waals surface area (Å²) in [5.74, 6) is 0.281. The maximum absolute atomic E-state index is 12.4. The molecule has 0 unspecified atom stereocenters. The van der Waals surface area contributed by atoms with Crippen LogP contribution < -0.4 is 5.32 Å². The smallest absolute Gasteiger partial charge is 0.220 e. The predicted molar refractivity (Wildman–Crippen MR) is 94.8 cm³/mol. The van der Waals surface area contributed by atoms with Crippen molar-refractivity contribution in [3.63, 3.8) is 0 Å². The lowest BCUT2D eigenvalue weighted by Gasteiger charge is -2.37. The van der Waals surface area contributed by atoms with Crippen molar-refractivity contribution in [2.24, 2.45) is 5.92 Å². The first kappa shape index (κ1) is 17.6. The second kappa shape index (κ2) is 7.78. The number of amides is 1. The molecule has 25 heavy (non-hydrogen) atoms. The summed E-state index contributed by atoms with van der Waals surface area (Å²) >= 11 is 0. The first-order valence-corrected chi connectivity index (χ1v) is 8.92. The average molecular weight is 342 g/mol. The highest BCUT2D eigenvalue weighted by Gasteiger charge is 2.36. The Balaban J connectivity index is 1.54. The Kier molecular flexibility index (Phi) is 5.48. The van der Waals surface area contributed by atoms with Crippen molar-refractivity contribution in [2.45, 2.75) is 58.2 Å². The number of aliphatic hydroxyl groups excluding tert-OH is 1. The van der Waals surface area contributed by atoms with E-state index in [2.05, 4.69) is 15.4 Å². The fourth-order valence-corrected chi connectivity index (χ4v) is 3.43. The van der Waals surface area contributed by atoms with Crippen LogP contribution in [0.5, 0.6) is 0 Å². The van der Waals surface area contributed by atoms with E-state index in [1.54, 1.807) is 6.20 Å². The van der Waals surface area contributed by atoms with Gasteiger partial charge in [-0.05, 0) is 57.2 Å². The number of hydrogen-bond donors (Lipinski definition) is 2. The van der Waals surface area contributed by atoms with Crippen molar-refractivity contribution in [1.82, 2.24) is 20.1 Å². The van der Waals surface area contributed by atoms with Crippen molar-refractivity contribution >= 4 is 5.91 Å². The van der Waals surface area contributed by atoms with Crippen LogP contribution in [0.3, 0.4) is 0 Å². The number of aromatic nitrogens is 3. The van der Waals surface area contributed by atoms with Gasteiger partial charge in [-0.15, -0.1) is 0 Å². The third kappa shape index (κ3) is 4.45. The number of nitrogens with zero attached hydrogens (tertiary/aromatic N) is 3. The molecule has 1 aliphatic carbocycles. The van der Waals surface area contributed by atoms with E-state index in [1.165, 1.54) is 0 Å². The lowest BCUT2D eigenvalue weighted by molar-refractivity contribution is -0.123. The minimum atomic E-state index is -0.251. The summed E-state index contributed by atoms with van der Waals surface area (Å²) in [5.41, 5.74) is 2.99. The van der Waals surface area contributed by atoms with E-state index in [9.17, 15) is 9.90 Å². The zero-order valence-electron chi connectivity index (χ0n) is 14.9. The van der Waals surface area contributed by atoms with Crippen molar-refractivity contribution < 1.29 is 9.90 Å². The molecule has 1 saturated carbocycles. The molecule has 1 amide bonds. The second-order valence-electron chi connectivity index (χ2n) is 6.94. The van der Waals surface area contributed by atoms with Crippen LogP contribution in [0, 0.1) is 19.8 Å². The Morgan fingerprint density at radius 1 is 1.40 bits per heavy atom. The van der Waals surface area contributed by atoms with E-state index >= 15 is 0 Å². The Labute approximate surface area is 148 Å². The zero-order valence-corrected chi connectivity index (χ0v) is 14.9. The normalized spacial score (nSPS) is 20.8. The molecule has 0 spiro atoms. The van der Waals surface area contributed by atoms with Crippen LogP contribution in [0.15, 0.2) is 30.5 Å². The summed E-state index contributed by atoms with van der Waals surface area (Å²) in [7, 11) is 0. The number of aliphatic hydroxyl groups is 1. The SMILES string of the molecule is Cc1cc(C)n(CCCC(=O)N[C@H](c2ccccn2)C2CC(O)C2)n1. The van der Waals surface area contributed by atoms with Gasteiger partial charge >= 0.3 is 0 Å². The minimum Gasteiger partial charge on any atom is -0.393 e. The molecule has 2 N–H and O–H groups in total. The first-order chi connectivity index (χ1) is 12.0. The van der Waals surface area contributed by atoms with Gasteiger partial charge in [0.05, 0.1) is 23.5 Å². The first-order valence-electron chi connectivity index (χ1n) is 8.92. The molecule has 1 fully saturated rings. The van der Waals surface area contributed by atoms with Crippen LogP contribution in [0.25, 0.3) is 0 Å². The molecule has 2 aromatic heterocycles. The summed E-state index contributed by atoms with van der Waals surface area (Å²) in [6.45, 7) is 4.74. The maximum atomic E-state index is 12.4. The standard InChI is InChI=1S/C19H26N4O2/c1-13-10-14(2)23(22-13)9-5-7-18(25)21-19(15-11-16(24)12-15)17-6-3-4-8-20-17/h3-4,6,8,10,15-16,19,24H,5,7,9,11-12H2,1-2H3,(H,21,25)/t15?,16?,19-/m0/s1. The third-order valence-corrected chi connectivity index (χ3v) is 4.82. The minimum absolute atomic E-state index is 0.0265. The number of carbonyl (C=O) groups excluding carboxylic acids is 1. The molecule has 2 aromatic rings. The van der Waals surface area contributed by atoms with E-state index in [0.29, 0.717) is 19.3 Å². The molecule has 134 valence electrons. The van der Waals surface area contributed by atoms with Crippen molar-refractivity contribution in [2.75, 3.05) is 0 Å². The van der Waals surface area contributed by atoms with E-state index in [0.717, 1.165) is 30.0 Å². The van der Waals surface area contributed by atoms with Gasteiger partial charge in [0.15, 0.2) is 0 Å². The van der Waals surface area contributed by atoms with Gasteiger partial charge < -0.3 is 10.4 Å². The Morgan fingerprint density at radius 3 is 2.80 bits per heavy atom. The lowest BCUT2D eigenvalue weighted by Crippen LogP contribution is -2.41. The number of rotatable bonds is 7. The summed E-state index contributed by atoms with van der Waals surface area (Å²) in [6, 6.07) is 7.65. The van der Waals surface area contributed by atoms with E-state index < -0.39 is 0 Å². The quantitative estimate of drug-likeness (QED) is 0.809. The summed E-state index contributed by atoms with van der Waals surface area (Å²) in [5, 5.41) is 17.1. The van der Waals surface area contributed by atoms with E-state index in [1.807, 2.05) is 42.8 Å². The fraction of sp³-hybridized carbons (Fsp3) is 0.526. The molecule has 6 nitrogen and oxygen atoms in total. The number of aryl methyl sites for hydroxylation is 3. The topological polar surface area (TPSA) is 80.0 Å². The number of pyridine rings is 1. The van der Waals surface area contributed by atoms with Gasteiger partial charge in [0.2, 0.25) is 5.91 Å². The third-order valence-electron chi connectivity index (χ3n) is 4.82. The molecule has 0 saturated heterocycles. The Morgan fingerprint density at radius 2 is 2.20 bits per heavy atom. The summed E-state index contributed by atoms with van der Waals surface area (Å²) < 4.78 is 1.95. The van der Waals surface area contributed by atoms with Gasteiger partial charge in [-0.25, -0.2) is 0 Å². The van der Waals surface area contributed by atoms with Gasteiger partial charge in [0.25, 0.3) is 0 Å². The molecule has 3 rings (SSSR count). The van der Waals surface area contributed by atoms with Gasteiger partial charge in [-0.2, -0.15) is 5.10 Å². The van der Waals surface area contributed by atoms with Crippen molar-refractivity contribution in [3.05, 3.63) is 47.5 Å². The molecule has 0 aliphatic heterocycles. The van der Waals surface area contributed by atoms with Crippen LogP contribution in [0.2, 0.25) is 0 Å². The highest BCUT2D eigenvalue weighted by Crippen LogP contribution is 2.37. The zero-order chi connectivity index (χ0) is 17.8. The molecule has 0 aromatic carbocycles. The predicted octanol–water partition coefficient (Wildman–Crippen LogP) is 2.30. The lowest BCUT2D eigenvalue weighted by atomic mass is 9.76. The highest BCUT2D eigenvalue weighted by atomic mass is 16.3. The summed E-state index contributed by atoms with van der Waals surface area (Å²) in [6.07, 6.45) is 4.12. The molecule has 1 atom stereocenters. The van der Waals surface area contributed by atoms with Crippen molar-refractivity contribution in [1.29, 1.82) is 0 Å². The average Bonchev–Trinajstić information content (AvgIpc) is 2.88. The second-order valence-corrected chi connectivity index (χ2v) is 6.94. The number of carbonyl (C=O) groups is 1. The van der Waals surface area contributed by atoms with Gasteiger partial charge in [-0.1, -0.05) is 6.07 Å². The van der Waals surface area contributed by atoms with Gasteiger partial charge in [0.1, 0.15) is 0 Å². The molecular formula is C19H26N4O2. The van der Waals surface area contributed by atoms with E-state index in [4.69, 9.17) is 0 Å². The van der Waals surface area contributed by atoms with Crippen LogP contribution in [0.1, 0.15) is 48.8 Å². The highest BCUT2D eigenvalue weighted by molar-refractivity contribution is 5.76. The fourth-order valence-electron chi connectivity index (χ4n) is 3.43. The molecule has 2 heterocycles. The monoisotopic (exact) mass is 342 g/mol. The van der Waals surface area contributed by atoms with Gasteiger partial charge in [-0.3, -0.25) is 14.5 Å². The summed E-state index contributed by atoms with van der Waals surface area (Å²) in [4.78, 5) is 16.8. The van der Waals surface area contributed by atoms with Crippen LogP contribution in [0.4, 0.5) is 0 Å². The van der Waals surface area contributed by atoms with Crippen molar-refractivity contribution in [3.8, 4) is 0 Å². The largest absolute Gasteiger partial charge is 0.393 e. The van der Waals surface area contributed by atoms with Gasteiger partial charge in [0, 0.05) is 24.9 Å². The Bertz CT molecular complexity index is 707. The maximum Gasteiger partial charge on any atom is 0.220 e. The van der Waals surface area contributed by atoms with Crippen LogP contribution in [-0.2, 0) is 11.3 Å². The molecule has 1 aliphatic rings. The Hall–Kier alpha value is -2.21. The van der Waals surface area contributed by atoms with E-state index in [-0.39, 0.29) is 24.0 Å². The number of nitrogens with one attached hydrogen (secondary N) is 1. The van der Waals surface area contributed by atoms with Crippen LogP contribution >= 0.6 is 0 Å². The number of hydrogen-bond acceptors (Lipinski definition) is 4. The molecule has 0 radical (unpaired) electrons.